The third-order valence-electron chi connectivity index (χ3n) is 3.42. The van der Waals surface area contributed by atoms with Crippen LogP contribution in [0, 0.1) is 0 Å². The third-order valence-corrected chi connectivity index (χ3v) is 3.42. The Morgan fingerprint density at radius 3 is 2.72 bits per heavy atom. The van der Waals surface area contributed by atoms with Gasteiger partial charge in [-0.2, -0.15) is 0 Å². The van der Waals surface area contributed by atoms with Gasteiger partial charge in [-0.25, -0.2) is 4.98 Å². The smallest absolute Gasteiger partial charge is 0.129 e. The van der Waals surface area contributed by atoms with Gasteiger partial charge in [0.05, 0.1) is 5.52 Å². The van der Waals surface area contributed by atoms with Gasteiger partial charge in [0.1, 0.15) is 5.82 Å². The van der Waals surface area contributed by atoms with Crippen LogP contribution in [0.15, 0.2) is 30.3 Å². The van der Waals surface area contributed by atoms with Gasteiger partial charge in [-0.1, -0.05) is 12.1 Å². The molecule has 1 aliphatic heterocycles. The highest BCUT2D eigenvalue weighted by molar-refractivity contribution is 5.81. The maximum Gasteiger partial charge on any atom is 0.129 e. The molecule has 4 nitrogen and oxygen atoms in total. The summed E-state index contributed by atoms with van der Waals surface area (Å²) in [4.78, 5) is 7.07. The average molecular weight is 242 g/mol. The summed E-state index contributed by atoms with van der Waals surface area (Å²) in [6.07, 6.45) is 0. The Morgan fingerprint density at radius 2 is 1.94 bits per heavy atom. The molecule has 0 bridgehead atoms. The fourth-order valence-corrected chi connectivity index (χ4v) is 2.35. The molecule has 0 atom stereocenters. The molecule has 3 rings (SSSR count). The molecule has 1 aromatic carbocycles. The van der Waals surface area contributed by atoms with Crippen molar-refractivity contribution in [1.29, 1.82) is 0 Å². The Morgan fingerprint density at radius 1 is 1.17 bits per heavy atom. The predicted octanol–water partition coefficient (Wildman–Crippen LogP) is 1.10. The number of nitrogens with two attached hydrogens (primary N) is 1. The summed E-state index contributed by atoms with van der Waals surface area (Å²) in [5, 5.41) is 4.53. The van der Waals surface area contributed by atoms with Crippen LogP contribution >= 0.6 is 0 Å². The molecule has 1 aliphatic rings. The number of rotatable bonds is 2. The molecule has 94 valence electrons. The van der Waals surface area contributed by atoms with Crippen molar-refractivity contribution in [3.63, 3.8) is 0 Å². The van der Waals surface area contributed by atoms with Gasteiger partial charge in [-0.15, -0.1) is 0 Å². The fourth-order valence-electron chi connectivity index (χ4n) is 2.35. The zero-order valence-electron chi connectivity index (χ0n) is 10.4. The van der Waals surface area contributed by atoms with E-state index in [9.17, 15) is 0 Å². The molecule has 0 spiro atoms. The van der Waals surface area contributed by atoms with Crippen LogP contribution in [0.1, 0.15) is 5.56 Å². The number of anilines is 1. The van der Waals surface area contributed by atoms with Crippen LogP contribution in [-0.4, -0.2) is 31.2 Å². The van der Waals surface area contributed by atoms with E-state index >= 15 is 0 Å². The summed E-state index contributed by atoms with van der Waals surface area (Å²) in [6, 6.07) is 10.5. The van der Waals surface area contributed by atoms with Gasteiger partial charge < -0.3 is 16.0 Å². The van der Waals surface area contributed by atoms with E-state index in [2.05, 4.69) is 40.5 Å². The highest BCUT2D eigenvalue weighted by atomic mass is 15.2. The predicted molar refractivity (Wildman–Crippen MR) is 74.7 cm³/mol. The first-order valence-corrected chi connectivity index (χ1v) is 6.42. The molecule has 1 aromatic heterocycles. The molecule has 0 radical (unpaired) electrons. The average Bonchev–Trinajstić information content (AvgIpc) is 2.47. The van der Waals surface area contributed by atoms with Crippen LogP contribution in [0.2, 0.25) is 0 Å². The minimum atomic E-state index is 0.565. The van der Waals surface area contributed by atoms with E-state index in [1.54, 1.807) is 0 Å². The van der Waals surface area contributed by atoms with Gasteiger partial charge in [-0.05, 0) is 23.8 Å². The largest absolute Gasteiger partial charge is 0.354 e. The van der Waals surface area contributed by atoms with Crippen molar-refractivity contribution in [2.45, 2.75) is 6.54 Å². The quantitative estimate of drug-likeness (QED) is 0.828. The Balaban J connectivity index is 1.97. The zero-order chi connectivity index (χ0) is 12.4. The molecule has 3 N–H and O–H groups in total. The molecule has 2 heterocycles. The Bertz CT molecular complexity index is 546. The van der Waals surface area contributed by atoms with E-state index in [0.29, 0.717) is 6.54 Å². The summed E-state index contributed by atoms with van der Waals surface area (Å²) < 4.78 is 0. The van der Waals surface area contributed by atoms with E-state index in [1.165, 1.54) is 5.39 Å². The molecule has 0 saturated carbocycles. The summed E-state index contributed by atoms with van der Waals surface area (Å²) in [6.45, 7) is 4.67. The normalized spacial score (nSPS) is 16.2. The molecule has 18 heavy (non-hydrogen) atoms. The SMILES string of the molecule is NCc1ccc2ccc(N3CCNCC3)nc2c1. The minimum Gasteiger partial charge on any atom is -0.354 e. The highest BCUT2D eigenvalue weighted by Crippen LogP contribution is 2.19. The second-order valence-corrected chi connectivity index (χ2v) is 4.64. The number of nitrogens with one attached hydrogen (secondary N) is 1. The summed E-state index contributed by atoms with van der Waals surface area (Å²) in [5.74, 6) is 1.07. The number of fused-ring (bicyclic) bond motifs is 1. The fraction of sp³-hybridized carbons (Fsp3) is 0.357. The van der Waals surface area contributed by atoms with Crippen molar-refractivity contribution in [1.82, 2.24) is 10.3 Å². The van der Waals surface area contributed by atoms with Gasteiger partial charge >= 0.3 is 0 Å². The molecule has 0 amide bonds. The van der Waals surface area contributed by atoms with Crippen molar-refractivity contribution in [3.8, 4) is 0 Å². The summed E-state index contributed by atoms with van der Waals surface area (Å²) in [7, 11) is 0. The van der Waals surface area contributed by atoms with Gasteiger partial charge in [0.15, 0.2) is 0 Å². The van der Waals surface area contributed by atoms with Crippen molar-refractivity contribution in [2.75, 3.05) is 31.1 Å². The van der Waals surface area contributed by atoms with Crippen molar-refractivity contribution in [3.05, 3.63) is 35.9 Å². The standard InChI is InChI=1S/C14H18N4/c15-10-11-1-2-12-3-4-14(17-13(12)9-11)18-7-5-16-6-8-18/h1-4,9,16H,5-8,10,15H2. The molecule has 1 saturated heterocycles. The first-order chi connectivity index (χ1) is 8.86. The summed E-state index contributed by atoms with van der Waals surface area (Å²) >= 11 is 0. The highest BCUT2D eigenvalue weighted by Gasteiger charge is 2.11. The van der Waals surface area contributed by atoms with E-state index in [-0.39, 0.29) is 0 Å². The topological polar surface area (TPSA) is 54.2 Å². The van der Waals surface area contributed by atoms with Crippen molar-refractivity contribution < 1.29 is 0 Å². The van der Waals surface area contributed by atoms with Crippen LogP contribution < -0.4 is 16.0 Å². The molecule has 0 aliphatic carbocycles. The van der Waals surface area contributed by atoms with Crippen LogP contribution in [-0.2, 0) is 6.54 Å². The van der Waals surface area contributed by atoms with Crippen molar-refractivity contribution in [2.24, 2.45) is 5.73 Å². The Labute approximate surface area is 107 Å². The van der Waals surface area contributed by atoms with Gasteiger partial charge in [0.25, 0.3) is 0 Å². The van der Waals surface area contributed by atoms with Gasteiger partial charge in [-0.3, -0.25) is 0 Å². The first-order valence-electron chi connectivity index (χ1n) is 6.42. The number of benzene rings is 1. The van der Waals surface area contributed by atoms with Crippen LogP contribution in [0.4, 0.5) is 5.82 Å². The minimum absolute atomic E-state index is 0.565. The maximum absolute atomic E-state index is 5.68. The molecule has 2 aromatic rings. The van der Waals surface area contributed by atoms with Crippen molar-refractivity contribution >= 4 is 16.7 Å². The van der Waals surface area contributed by atoms with E-state index in [1.807, 2.05) is 0 Å². The van der Waals surface area contributed by atoms with E-state index in [4.69, 9.17) is 10.7 Å². The van der Waals surface area contributed by atoms with E-state index < -0.39 is 0 Å². The molecule has 0 unspecified atom stereocenters. The third kappa shape index (κ3) is 2.17. The number of aromatic nitrogens is 1. The molecule has 1 fully saturated rings. The first kappa shape index (κ1) is 11.4. The Hall–Kier alpha value is -1.65. The Kier molecular flexibility index (Phi) is 3.13. The number of nitrogens with zero attached hydrogens (tertiary/aromatic N) is 2. The lowest BCUT2D eigenvalue weighted by molar-refractivity contribution is 0.585. The molecule has 4 heteroatoms. The second-order valence-electron chi connectivity index (χ2n) is 4.64. The van der Waals surface area contributed by atoms with Crippen LogP contribution in [0.5, 0.6) is 0 Å². The van der Waals surface area contributed by atoms with Crippen LogP contribution in [0.25, 0.3) is 10.9 Å². The maximum atomic E-state index is 5.68. The second kappa shape index (κ2) is 4.92. The molecular weight excluding hydrogens is 224 g/mol. The van der Waals surface area contributed by atoms with Crippen LogP contribution in [0.3, 0.4) is 0 Å². The lowest BCUT2D eigenvalue weighted by atomic mass is 10.1. The van der Waals surface area contributed by atoms with Gasteiger partial charge in [0, 0.05) is 38.1 Å². The number of piperazine rings is 1. The van der Waals surface area contributed by atoms with Gasteiger partial charge in [0.2, 0.25) is 0 Å². The summed E-state index contributed by atoms with van der Waals surface area (Å²) in [5.41, 5.74) is 7.84. The number of pyridine rings is 1. The zero-order valence-corrected chi connectivity index (χ0v) is 10.4. The number of hydrogen-bond acceptors (Lipinski definition) is 4. The number of hydrogen-bond donors (Lipinski definition) is 2. The lowest BCUT2D eigenvalue weighted by Crippen LogP contribution is -2.43. The lowest BCUT2D eigenvalue weighted by Gasteiger charge is -2.28. The monoisotopic (exact) mass is 242 g/mol. The molecular formula is C14H18N4. The van der Waals surface area contributed by atoms with E-state index in [0.717, 1.165) is 43.1 Å².